The van der Waals surface area contributed by atoms with E-state index in [1.807, 2.05) is 13.8 Å². The van der Waals surface area contributed by atoms with Crippen molar-refractivity contribution in [1.82, 2.24) is 10.6 Å². The van der Waals surface area contributed by atoms with Gasteiger partial charge in [-0.05, 0) is 27.7 Å². The Morgan fingerprint density at radius 3 is 2.29 bits per heavy atom. The van der Waals surface area contributed by atoms with E-state index in [1.54, 1.807) is 13.8 Å². The van der Waals surface area contributed by atoms with Gasteiger partial charge in [0.25, 0.3) is 0 Å². The van der Waals surface area contributed by atoms with Crippen molar-refractivity contribution < 1.29 is 19.4 Å². The van der Waals surface area contributed by atoms with Crippen molar-refractivity contribution in [3.8, 4) is 0 Å². The van der Waals surface area contributed by atoms with Gasteiger partial charge in [0.05, 0.1) is 18.6 Å². The van der Waals surface area contributed by atoms with E-state index in [1.165, 1.54) is 0 Å². The van der Waals surface area contributed by atoms with Gasteiger partial charge < -0.3 is 20.5 Å². The molecule has 0 spiro atoms. The molecule has 2 amide bonds. The van der Waals surface area contributed by atoms with Crippen LogP contribution in [0, 0.1) is 5.92 Å². The van der Waals surface area contributed by atoms with Gasteiger partial charge in [-0.3, -0.25) is 4.79 Å². The number of ether oxygens (including phenoxy) is 1. The van der Waals surface area contributed by atoms with Crippen molar-refractivity contribution in [3.05, 3.63) is 0 Å². The van der Waals surface area contributed by atoms with Gasteiger partial charge in [0, 0.05) is 12.6 Å². The average molecular weight is 246 g/mol. The minimum Gasteiger partial charge on any atom is -0.481 e. The maximum atomic E-state index is 11.4. The normalized spacial score (nSPS) is 14.2. The predicted octanol–water partition coefficient (Wildman–Crippen LogP) is 0.820. The zero-order chi connectivity index (χ0) is 13.4. The molecule has 0 fully saturated rings. The van der Waals surface area contributed by atoms with Gasteiger partial charge in [0.15, 0.2) is 0 Å². The highest BCUT2D eigenvalue weighted by atomic mass is 16.5. The molecule has 0 heterocycles. The van der Waals surface area contributed by atoms with E-state index in [-0.39, 0.29) is 12.1 Å². The molecule has 0 aliphatic heterocycles. The van der Waals surface area contributed by atoms with Crippen LogP contribution in [0.2, 0.25) is 0 Å². The first-order chi connectivity index (χ1) is 7.84. The van der Waals surface area contributed by atoms with Gasteiger partial charge in [-0.15, -0.1) is 0 Å². The molecular weight excluding hydrogens is 224 g/mol. The Balaban J connectivity index is 3.75. The number of carbonyl (C=O) groups is 2. The Morgan fingerprint density at radius 2 is 1.82 bits per heavy atom. The summed E-state index contributed by atoms with van der Waals surface area (Å²) in [7, 11) is 0. The molecule has 0 saturated carbocycles. The number of hydrogen-bond donors (Lipinski definition) is 3. The smallest absolute Gasteiger partial charge is 0.315 e. The van der Waals surface area contributed by atoms with Crippen LogP contribution in [0.3, 0.4) is 0 Å². The highest BCUT2D eigenvalue weighted by molar-refractivity contribution is 5.76. The molecule has 17 heavy (non-hydrogen) atoms. The lowest BCUT2D eigenvalue weighted by atomic mass is 10.0. The van der Waals surface area contributed by atoms with Gasteiger partial charge in [0.2, 0.25) is 0 Å². The largest absolute Gasteiger partial charge is 0.481 e. The number of urea groups is 1. The molecule has 2 atom stereocenters. The third-order valence-corrected chi connectivity index (χ3v) is 2.34. The Labute approximate surface area is 102 Å². The number of amides is 2. The minimum atomic E-state index is -0.930. The summed E-state index contributed by atoms with van der Waals surface area (Å²) in [6.07, 6.45) is 0.130. The van der Waals surface area contributed by atoms with Crippen LogP contribution in [0.25, 0.3) is 0 Å². The van der Waals surface area contributed by atoms with Crippen LogP contribution in [0.1, 0.15) is 27.7 Å². The quantitative estimate of drug-likeness (QED) is 0.580. The Morgan fingerprint density at radius 1 is 1.24 bits per heavy atom. The van der Waals surface area contributed by atoms with Crippen LogP contribution in [0.15, 0.2) is 0 Å². The SMILES string of the molecule is CC(C)OCCNC(=O)NC(C)C(C)C(=O)O. The second-order valence-corrected chi connectivity index (χ2v) is 4.24. The number of carboxylic acid groups (broad SMARTS) is 1. The molecule has 0 aromatic rings. The van der Waals surface area contributed by atoms with Crippen molar-refractivity contribution >= 4 is 12.0 Å². The number of rotatable bonds is 7. The van der Waals surface area contributed by atoms with Crippen LogP contribution in [-0.2, 0) is 9.53 Å². The lowest BCUT2D eigenvalue weighted by Gasteiger charge is -2.18. The van der Waals surface area contributed by atoms with E-state index < -0.39 is 17.9 Å². The fourth-order valence-electron chi connectivity index (χ4n) is 1.06. The summed E-state index contributed by atoms with van der Waals surface area (Å²) in [6.45, 7) is 7.87. The van der Waals surface area contributed by atoms with Gasteiger partial charge in [0.1, 0.15) is 0 Å². The second-order valence-electron chi connectivity index (χ2n) is 4.24. The van der Waals surface area contributed by atoms with Crippen LogP contribution in [-0.4, -0.2) is 42.4 Å². The molecule has 6 nitrogen and oxygen atoms in total. The minimum absolute atomic E-state index is 0.130. The van der Waals surface area contributed by atoms with Crippen LogP contribution in [0.5, 0.6) is 0 Å². The molecule has 0 aliphatic carbocycles. The summed E-state index contributed by atoms with van der Waals surface area (Å²) in [5, 5.41) is 13.9. The zero-order valence-corrected chi connectivity index (χ0v) is 10.8. The first kappa shape index (κ1) is 15.7. The van der Waals surface area contributed by atoms with Crippen molar-refractivity contribution in [2.24, 2.45) is 5.92 Å². The highest BCUT2D eigenvalue weighted by Gasteiger charge is 2.20. The average Bonchev–Trinajstić information content (AvgIpc) is 2.22. The Kier molecular flexibility index (Phi) is 7.29. The first-order valence-corrected chi connectivity index (χ1v) is 5.73. The Hall–Kier alpha value is -1.30. The summed E-state index contributed by atoms with van der Waals surface area (Å²) in [5.41, 5.74) is 0. The van der Waals surface area contributed by atoms with E-state index in [2.05, 4.69) is 10.6 Å². The molecule has 3 N–H and O–H groups in total. The van der Waals surface area contributed by atoms with Crippen LogP contribution >= 0.6 is 0 Å². The van der Waals surface area contributed by atoms with Crippen LogP contribution in [0.4, 0.5) is 4.79 Å². The number of carboxylic acids is 1. The molecule has 0 radical (unpaired) electrons. The molecule has 0 aromatic heterocycles. The summed E-state index contributed by atoms with van der Waals surface area (Å²) >= 11 is 0. The lowest BCUT2D eigenvalue weighted by molar-refractivity contribution is -0.141. The topological polar surface area (TPSA) is 87.7 Å². The fourth-order valence-corrected chi connectivity index (χ4v) is 1.06. The molecular formula is C11H22N2O4. The van der Waals surface area contributed by atoms with Crippen molar-refractivity contribution in [2.45, 2.75) is 39.8 Å². The Bertz CT molecular complexity index is 256. The monoisotopic (exact) mass is 246 g/mol. The lowest BCUT2D eigenvalue weighted by Crippen LogP contribution is -2.46. The van der Waals surface area contributed by atoms with Gasteiger partial charge in [-0.25, -0.2) is 4.79 Å². The highest BCUT2D eigenvalue weighted by Crippen LogP contribution is 2.01. The van der Waals surface area contributed by atoms with E-state index in [9.17, 15) is 9.59 Å². The summed E-state index contributed by atoms with van der Waals surface area (Å²) in [4.78, 5) is 22.0. The van der Waals surface area contributed by atoms with Gasteiger partial charge in [-0.1, -0.05) is 0 Å². The third kappa shape index (κ3) is 7.57. The van der Waals surface area contributed by atoms with E-state index in [0.717, 1.165) is 0 Å². The number of aliphatic carboxylic acids is 1. The molecule has 0 rings (SSSR count). The fraction of sp³-hybridized carbons (Fsp3) is 0.818. The van der Waals surface area contributed by atoms with E-state index in [4.69, 9.17) is 9.84 Å². The molecule has 0 aromatic carbocycles. The molecule has 6 heteroatoms. The standard InChI is InChI=1S/C11H22N2O4/c1-7(2)17-6-5-12-11(16)13-9(4)8(3)10(14)15/h7-9H,5-6H2,1-4H3,(H,14,15)(H2,12,13,16). The van der Waals surface area contributed by atoms with Crippen molar-refractivity contribution in [3.63, 3.8) is 0 Å². The number of hydrogen-bond acceptors (Lipinski definition) is 3. The predicted molar refractivity (Wildman–Crippen MR) is 63.9 cm³/mol. The molecule has 0 saturated heterocycles. The molecule has 100 valence electrons. The summed E-state index contributed by atoms with van der Waals surface area (Å²) in [6, 6.07) is -0.795. The molecule has 2 unspecified atom stereocenters. The van der Waals surface area contributed by atoms with Crippen molar-refractivity contribution in [1.29, 1.82) is 0 Å². The third-order valence-electron chi connectivity index (χ3n) is 2.34. The van der Waals surface area contributed by atoms with Gasteiger partial charge in [-0.2, -0.15) is 0 Å². The van der Waals surface area contributed by atoms with Gasteiger partial charge >= 0.3 is 12.0 Å². The molecule has 0 aliphatic rings. The maximum absolute atomic E-state index is 11.4. The molecule has 0 bridgehead atoms. The zero-order valence-electron chi connectivity index (χ0n) is 10.8. The van der Waals surface area contributed by atoms with E-state index >= 15 is 0 Å². The first-order valence-electron chi connectivity index (χ1n) is 5.73. The summed E-state index contributed by atoms with van der Waals surface area (Å²) in [5.74, 6) is -1.55. The summed E-state index contributed by atoms with van der Waals surface area (Å²) < 4.78 is 5.25. The number of carbonyl (C=O) groups excluding carboxylic acids is 1. The van der Waals surface area contributed by atoms with Crippen LogP contribution < -0.4 is 10.6 Å². The second kappa shape index (κ2) is 7.89. The number of nitrogens with one attached hydrogen (secondary N) is 2. The van der Waals surface area contributed by atoms with Crippen molar-refractivity contribution in [2.75, 3.05) is 13.2 Å². The van der Waals surface area contributed by atoms with E-state index in [0.29, 0.717) is 13.2 Å². The maximum Gasteiger partial charge on any atom is 0.315 e.